The molecule has 0 radical (unpaired) electrons. The Morgan fingerprint density at radius 1 is 1.29 bits per heavy atom. The minimum absolute atomic E-state index is 0.0248. The zero-order valence-corrected chi connectivity index (χ0v) is 8.98. The minimum atomic E-state index is -1.13. The van der Waals surface area contributed by atoms with Gasteiger partial charge in [0.05, 0.1) is 6.33 Å². The monoisotopic (exact) mass is 242 g/mol. The minimum Gasteiger partial charge on any atom is -0.480 e. The van der Waals surface area contributed by atoms with E-state index in [1.165, 1.54) is 17.1 Å². The number of carbonyl (C=O) groups is 2. The zero-order chi connectivity index (χ0) is 13.0. The van der Waals surface area contributed by atoms with Gasteiger partial charge < -0.3 is 26.2 Å². The topological polar surface area (TPSA) is 144 Å². The summed E-state index contributed by atoms with van der Waals surface area (Å²) in [7, 11) is 0. The Labute approximate surface area is 96.9 Å². The van der Waals surface area contributed by atoms with Crippen molar-refractivity contribution < 1.29 is 19.8 Å². The Morgan fingerprint density at radius 2 is 1.88 bits per heavy atom. The number of nitrogens with two attached hydrogens (primary N) is 2. The summed E-state index contributed by atoms with van der Waals surface area (Å²) in [6.45, 7) is 0.0248. The number of nitrogens with zero attached hydrogens (tertiary/aromatic N) is 2. The van der Waals surface area contributed by atoms with Crippen LogP contribution in [0.4, 0.5) is 0 Å². The number of imidazole rings is 1. The Kier molecular flexibility index (Phi) is 4.18. The predicted molar refractivity (Wildman–Crippen MR) is 57.2 cm³/mol. The highest BCUT2D eigenvalue weighted by molar-refractivity contribution is 5.73. The van der Waals surface area contributed by atoms with Crippen molar-refractivity contribution in [3.8, 4) is 0 Å². The molecule has 2 atom stereocenters. The van der Waals surface area contributed by atoms with Gasteiger partial charge in [-0.3, -0.25) is 9.59 Å². The molecular formula is C9H14N4O4. The van der Waals surface area contributed by atoms with Gasteiger partial charge in [0, 0.05) is 24.9 Å². The van der Waals surface area contributed by atoms with Crippen LogP contribution in [-0.4, -0.2) is 43.8 Å². The van der Waals surface area contributed by atoms with Gasteiger partial charge in [0.25, 0.3) is 0 Å². The van der Waals surface area contributed by atoms with Crippen molar-refractivity contribution in [3.05, 3.63) is 18.2 Å². The second-order valence-corrected chi connectivity index (χ2v) is 3.63. The normalized spacial score (nSPS) is 14.2. The third-order valence-electron chi connectivity index (χ3n) is 2.26. The average Bonchev–Trinajstić information content (AvgIpc) is 2.65. The molecule has 0 saturated heterocycles. The van der Waals surface area contributed by atoms with Crippen molar-refractivity contribution in [1.29, 1.82) is 0 Å². The molecule has 0 aromatic carbocycles. The quantitative estimate of drug-likeness (QED) is 0.462. The van der Waals surface area contributed by atoms with Gasteiger partial charge in [-0.1, -0.05) is 0 Å². The molecule has 1 heterocycles. The van der Waals surface area contributed by atoms with Crippen LogP contribution in [0.15, 0.2) is 12.5 Å². The highest BCUT2D eigenvalue weighted by Gasteiger charge is 2.17. The third-order valence-corrected chi connectivity index (χ3v) is 2.26. The van der Waals surface area contributed by atoms with Crippen LogP contribution in [-0.2, 0) is 22.6 Å². The second kappa shape index (κ2) is 5.41. The van der Waals surface area contributed by atoms with Gasteiger partial charge in [-0.05, 0) is 0 Å². The Bertz CT molecular complexity index is 380. The molecule has 0 aliphatic rings. The molecule has 0 saturated carbocycles. The van der Waals surface area contributed by atoms with Gasteiger partial charge in [0.2, 0.25) is 0 Å². The highest BCUT2D eigenvalue weighted by Crippen LogP contribution is 2.04. The molecule has 1 unspecified atom stereocenters. The fourth-order valence-corrected chi connectivity index (χ4v) is 1.29. The number of rotatable bonds is 6. The van der Waals surface area contributed by atoms with E-state index in [4.69, 9.17) is 21.7 Å². The van der Waals surface area contributed by atoms with E-state index in [1.54, 1.807) is 0 Å². The zero-order valence-electron chi connectivity index (χ0n) is 8.98. The molecule has 0 amide bonds. The Morgan fingerprint density at radius 3 is 2.41 bits per heavy atom. The first kappa shape index (κ1) is 13.1. The van der Waals surface area contributed by atoms with Crippen LogP contribution < -0.4 is 11.5 Å². The molecule has 8 heteroatoms. The van der Waals surface area contributed by atoms with Crippen LogP contribution >= 0.6 is 0 Å². The van der Waals surface area contributed by atoms with E-state index in [1.807, 2.05) is 0 Å². The lowest BCUT2D eigenvalue weighted by atomic mass is 10.2. The number of aliphatic carboxylic acids is 2. The van der Waals surface area contributed by atoms with E-state index in [0.29, 0.717) is 5.69 Å². The van der Waals surface area contributed by atoms with Crippen molar-refractivity contribution in [1.82, 2.24) is 9.55 Å². The van der Waals surface area contributed by atoms with Gasteiger partial charge >= 0.3 is 11.9 Å². The first-order chi connectivity index (χ1) is 7.91. The summed E-state index contributed by atoms with van der Waals surface area (Å²) in [5, 5.41) is 17.3. The lowest BCUT2D eigenvalue weighted by Crippen LogP contribution is -2.36. The molecule has 0 fully saturated rings. The highest BCUT2D eigenvalue weighted by atomic mass is 16.4. The molecule has 0 aliphatic carbocycles. The first-order valence-electron chi connectivity index (χ1n) is 4.87. The lowest BCUT2D eigenvalue weighted by molar-refractivity contribution is -0.139. The molecule has 0 bridgehead atoms. The fourth-order valence-electron chi connectivity index (χ4n) is 1.29. The molecular weight excluding hydrogens is 228 g/mol. The van der Waals surface area contributed by atoms with E-state index in [-0.39, 0.29) is 13.0 Å². The molecule has 94 valence electrons. The van der Waals surface area contributed by atoms with Crippen molar-refractivity contribution in [2.45, 2.75) is 25.0 Å². The molecule has 0 aliphatic heterocycles. The fraction of sp³-hybridized carbons (Fsp3) is 0.444. The summed E-state index contributed by atoms with van der Waals surface area (Å²) < 4.78 is 1.49. The largest absolute Gasteiger partial charge is 0.480 e. The van der Waals surface area contributed by atoms with Crippen LogP contribution in [0.1, 0.15) is 5.69 Å². The standard InChI is InChI=1S/C9H14N4O4/c10-6(8(14)15)1-5-2-12-4-13(5)3-7(11)9(16)17/h2,4,6-7H,1,3,10-11H2,(H,14,15)(H,16,17)/t6-,7?/m0/s1. The molecule has 0 spiro atoms. The van der Waals surface area contributed by atoms with Crippen molar-refractivity contribution in [2.24, 2.45) is 11.5 Å². The van der Waals surface area contributed by atoms with Crippen molar-refractivity contribution >= 4 is 11.9 Å². The number of hydrogen-bond donors (Lipinski definition) is 4. The smallest absolute Gasteiger partial charge is 0.322 e. The van der Waals surface area contributed by atoms with Gasteiger partial charge in [0.1, 0.15) is 12.1 Å². The van der Waals surface area contributed by atoms with Gasteiger partial charge in [-0.25, -0.2) is 4.98 Å². The predicted octanol–water partition coefficient (Wildman–Crippen LogP) is -1.75. The van der Waals surface area contributed by atoms with Gasteiger partial charge in [-0.2, -0.15) is 0 Å². The maximum absolute atomic E-state index is 10.6. The molecule has 8 nitrogen and oxygen atoms in total. The summed E-state index contributed by atoms with van der Waals surface area (Å²) in [6.07, 6.45) is 2.91. The molecule has 1 aromatic heterocycles. The van der Waals surface area contributed by atoms with Crippen LogP contribution in [0.5, 0.6) is 0 Å². The lowest BCUT2D eigenvalue weighted by Gasteiger charge is -2.12. The maximum atomic E-state index is 10.6. The summed E-state index contributed by atoms with van der Waals surface area (Å²) >= 11 is 0. The summed E-state index contributed by atoms with van der Waals surface area (Å²) in [5.41, 5.74) is 11.3. The van der Waals surface area contributed by atoms with E-state index < -0.39 is 24.0 Å². The summed E-state index contributed by atoms with van der Waals surface area (Å²) in [5.74, 6) is -2.26. The maximum Gasteiger partial charge on any atom is 0.322 e. The number of aromatic nitrogens is 2. The Balaban J connectivity index is 2.72. The average molecular weight is 242 g/mol. The molecule has 1 rings (SSSR count). The number of carboxylic acids is 2. The van der Waals surface area contributed by atoms with Crippen molar-refractivity contribution in [2.75, 3.05) is 0 Å². The van der Waals surface area contributed by atoms with Crippen LogP contribution in [0.2, 0.25) is 0 Å². The first-order valence-corrected chi connectivity index (χ1v) is 4.87. The number of hydrogen-bond acceptors (Lipinski definition) is 5. The second-order valence-electron chi connectivity index (χ2n) is 3.63. The van der Waals surface area contributed by atoms with E-state index in [2.05, 4.69) is 4.98 Å². The van der Waals surface area contributed by atoms with Crippen molar-refractivity contribution in [3.63, 3.8) is 0 Å². The van der Waals surface area contributed by atoms with Crippen LogP contribution in [0.3, 0.4) is 0 Å². The SMILES string of the molecule is NC(Cn1cncc1C[C@H](N)C(=O)O)C(=O)O. The van der Waals surface area contributed by atoms with Crippen LogP contribution in [0, 0.1) is 0 Å². The summed E-state index contributed by atoms with van der Waals surface area (Å²) in [4.78, 5) is 25.0. The van der Waals surface area contributed by atoms with E-state index >= 15 is 0 Å². The van der Waals surface area contributed by atoms with E-state index in [0.717, 1.165) is 0 Å². The molecule has 1 aromatic rings. The van der Waals surface area contributed by atoms with Gasteiger partial charge in [0.15, 0.2) is 0 Å². The summed E-state index contributed by atoms with van der Waals surface area (Å²) in [6, 6.07) is -2.12. The third kappa shape index (κ3) is 3.54. The molecule has 6 N–H and O–H groups in total. The van der Waals surface area contributed by atoms with E-state index in [9.17, 15) is 9.59 Å². The molecule has 17 heavy (non-hydrogen) atoms. The number of carboxylic acid groups (broad SMARTS) is 2. The van der Waals surface area contributed by atoms with Gasteiger partial charge in [-0.15, -0.1) is 0 Å². The Hall–Kier alpha value is -1.93. The van der Waals surface area contributed by atoms with Crippen LogP contribution in [0.25, 0.3) is 0 Å².